The third-order valence-corrected chi connectivity index (χ3v) is 2.59. The number of aromatic nitrogens is 1. The summed E-state index contributed by atoms with van der Waals surface area (Å²) in [6, 6.07) is 1.87. The first-order chi connectivity index (χ1) is 7.04. The number of hydrogen-bond acceptors (Lipinski definition) is 3. The number of pyridine rings is 1. The number of ether oxygens (including phenoxy) is 1. The van der Waals surface area contributed by atoms with E-state index in [-0.39, 0.29) is 5.97 Å². The minimum atomic E-state index is -0.370. The van der Waals surface area contributed by atoms with Gasteiger partial charge in [-0.15, -0.1) is 0 Å². The van der Waals surface area contributed by atoms with Crippen molar-refractivity contribution in [2.45, 2.75) is 20.3 Å². The fourth-order valence-electron chi connectivity index (χ4n) is 1.26. The molecule has 15 heavy (non-hydrogen) atoms. The van der Waals surface area contributed by atoms with Gasteiger partial charge in [-0.1, -0.05) is 13.8 Å². The van der Waals surface area contributed by atoms with Crippen LogP contribution in [0.3, 0.4) is 0 Å². The van der Waals surface area contributed by atoms with Gasteiger partial charge in [0.25, 0.3) is 0 Å². The Balaban J connectivity index is 2.93. The summed E-state index contributed by atoms with van der Waals surface area (Å²) in [5.74, 6) is 0.179. The Morgan fingerprint density at radius 2 is 2.27 bits per heavy atom. The van der Waals surface area contributed by atoms with Crippen LogP contribution in [0.4, 0.5) is 0 Å². The normalized spacial score (nSPS) is 10.5. The number of carbonyl (C=O) groups excluding carboxylic acids is 1. The van der Waals surface area contributed by atoms with Crippen LogP contribution < -0.4 is 0 Å². The van der Waals surface area contributed by atoms with E-state index in [0.717, 1.165) is 16.6 Å². The molecule has 1 heterocycles. The zero-order chi connectivity index (χ0) is 11.4. The zero-order valence-corrected chi connectivity index (χ0v) is 10.7. The van der Waals surface area contributed by atoms with E-state index in [1.807, 2.05) is 6.07 Å². The molecule has 0 spiro atoms. The van der Waals surface area contributed by atoms with Crippen LogP contribution >= 0.6 is 15.9 Å². The molecule has 0 atom stereocenters. The van der Waals surface area contributed by atoms with Crippen molar-refractivity contribution in [3.05, 3.63) is 28.0 Å². The van der Waals surface area contributed by atoms with Crippen LogP contribution in [0.2, 0.25) is 0 Å². The molecule has 3 nitrogen and oxygen atoms in total. The van der Waals surface area contributed by atoms with Gasteiger partial charge in [0.15, 0.2) is 0 Å². The van der Waals surface area contributed by atoms with Crippen molar-refractivity contribution in [1.82, 2.24) is 4.98 Å². The van der Waals surface area contributed by atoms with E-state index >= 15 is 0 Å². The summed E-state index contributed by atoms with van der Waals surface area (Å²) in [5, 5.41) is 0. The largest absolute Gasteiger partial charge is 0.465 e. The van der Waals surface area contributed by atoms with Gasteiger partial charge in [0.1, 0.15) is 0 Å². The first kappa shape index (κ1) is 12.2. The number of nitrogens with zero attached hydrogens (tertiary/aromatic N) is 1. The van der Waals surface area contributed by atoms with Crippen LogP contribution in [-0.2, 0) is 11.2 Å². The molecule has 0 aliphatic heterocycles. The average Bonchev–Trinajstić information content (AvgIpc) is 2.16. The van der Waals surface area contributed by atoms with Gasteiger partial charge in [0.05, 0.1) is 12.7 Å². The van der Waals surface area contributed by atoms with Crippen LogP contribution in [0.1, 0.15) is 29.9 Å². The monoisotopic (exact) mass is 271 g/mol. The van der Waals surface area contributed by atoms with Gasteiger partial charge < -0.3 is 4.74 Å². The fraction of sp³-hybridized carbons (Fsp3) is 0.455. The molecule has 1 aromatic heterocycles. The molecule has 0 bridgehead atoms. The molecule has 4 heteroatoms. The Morgan fingerprint density at radius 1 is 1.60 bits per heavy atom. The first-order valence-electron chi connectivity index (χ1n) is 4.77. The molecular weight excluding hydrogens is 258 g/mol. The molecular formula is C11H14BrNO2. The molecule has 0 unspecified atom stereocenters. The SMILES string of the molecule is COC(=O)c1cnc(CC(C)C)cc1Br. The van der Waals surface area contributed by atoms with E-state index in [9.17, 15) is 4.79 Å². The summed E-state index contributed by atoms with van der Waals surface area (Å²) in [6.07, 6.45) is 2.45. The Hall–Kier alpha value is -0.900. The molecule has 1 aromatic rings. The fourth-order valence-corrected chi connectivity index (χ4v) is 1.79. The Bertz CT molecular complexity index is 364. The standard InChI is InChI=1S/C11H14BrNO2/c1-7(2)4-8-5-10(12)9(6-13-8)11(14)15-3/h5-7H,4H2,1-3H3. The van der Waals surface area contributed by atoms with Crippen molar-refractivity contribution in [2.75, 3.05) is 7.11 Å². The second-order valence-corrected chi connectivity index (χ2v) is 4.60. The van der Waals surface area contributed by atoms with Crippen LogP contribution in [0.5, 0.6) is 0 Å². The molecule has 82 valence electrons. The molecule has 0 radical (unpaired) electrons. The first-order valence-corrected chi connectivity index (χ1v) is 5.56. The molecule has 0 aromatic carbocycles. The lowest BCUT2D eigenvalue weighted by molar-refractivity contribution is 0.0599. The lowest BCUT2D eigenvalue weighted by Gasteiger charge is -2.06. The maximum atomic E-state index is 11.3. The summed E-state index contributed by atoms with van der Waals surface area (Å²) in [7, 11) is 1.36. The highest BCUT2D eigenvalue weighted by Crippen LogP contribution is 2.19. The molecule has 0 fully saturated rings. The van der Waals surface area contributed by atoms with Crippen LogP contribution in [-0.4, -0.2) is 18.1 Å². The minimum Gasteiger partial charge on any atom is -0.465 e. The summed E-state index contributed by atoms with van der Waals surface area (Å²) in [4.78, 5) is 15.5. The summed E-state index contributed by atoms with van der Waals surface area (Å²) < 4.78 is 5.37. The van der Waals surface area contributed by atoms with Crippen molar-refractivity contribution in [2.24, 2.45) is 5.92 Å². The number of halogens is 1. The van der Waals surface area contributed by atoms with Crippen molar-refractivity contribution in [3.8, 4) is 0 Å². The Morgan fingerprint density at radius 3 is 2.73 bits per heavy atom. The highest BCUT2D eigenvalue weighted by Gasteiger charge is 2.11. The molecule has 0 saturated heterocycles. The van der Waals surface area contributed by atoms with Crippen molar-refractivity contribution >= 4 is 21.9 Å². The number of carbonyl (C=O) groups is 1. The molecule has 0 N–H and O–H groups in total. The van der Waals surface area contributed by atoms with Gasteiger partial charge in [0.2, 0.25) is 0 Å². The minimum absolute atomic E-state index is 0.370. The number of esters is 1. The summed E-state index contributed by atoms with van der Waals surface area (Å²) in [6.45, 7) is 4.26. The molecule has 0 aliphatic rings. The van der Waals surface area contributed by atoms with Gasteiger partial charge in [-0.05, 0) is 34.3 Å². The lowest BCUT2D eigenvalue weighted by Crippen LogP contribution is -2.05. The van der Waals surface area contributed by atoms with E-state index in [1.165, 1.54) is 7.11 Å². The average molecular weight is 272 g/mol. The number of rotatable bonds is 3. The molecule has 0 saturated carbocycles. The van der Waals surface area contributed by atoms with Crippen LogP contribution in [0.25, 0.3) is 0 Å². The Labute approximate surface area is 98.0 Å². The zero-order valence-electron chi connectivity index (χ0n) is 9.08. The van der Waals surface area contributed by atoms with Gasteiger partial charge in [-0.3, -0.25) is 4.98 Å². The second-order valence-electron chi connectivity index (χ2n) is 3.75. The van der Waals surface area contributed by atoms with Gasteiger partial charge in [-0.25, -0.2) is 4.79 Å². The van der Waals surface area contributed by atoms with Crippen molar-refractivity contribution in [1.29, 1.82) is 0 Å². The maximum Gasteiger partial charge on any atom is 0.340 e. The van der Waals surface area contributed by atoms with Gasteiger partial charge >= 0.3 is 5.97 Å². The highest BCUT2D eigenvalue weighted by atomic mass is 79.9. The van der Waals surface area contributed by atoms with E-state index < -0.39 is 0 Å². The number of hydrogen-bond donors (Lipinski definition) is 0. The summed E-state index contributed by atoms with van der Waals surface area (Å²) in [5.41, 5.74) is 1.44. The third kappa shape index (κ3) is 3.30. The molecule has 0 aliphatic carbocycles. The number of methoxy groups -OCH3 is 1. The van der Waals surface area contributed by atoms with Gasteiger partial charge in [0, 0.05) is 16.4 Å². The van der Waals surface area contributed by atoms with Crippen LogP contribution in [0, 0.1) is 5.92 Å². The molecule has 1 rings (SSSR count). The maximum absolute atomic E-state index is 11.3. The smallest absolute Gasteiger partial charge is 0.340 e. The van der Waals surface area contributed by atoms with E-state index in [2.05, 4.69) is 39.5 Å². The second kappa shape index (κ2) is 5.26. The molecule has 0 amide bonds. The Kier molecular flexibility index (Phi) is 4.27. The predicted molar refractivity (Wildman–Crippen MR) is 61.8 cm³/mol. The third-order valence-electron chi connectivity index (χ3n) is 1.93. The van der Waals surface area contributed by atoms with Crippen LogP contribution in [0.15, 0.2) is 16.7 Å². The predicted octanol–water partition coefficient (Wildman–Crippen LogP) is 2.83. The highest BCUT2D eigenvalue weighted by molar-refractivity contribution is 9.10. The van der Waals surface area contributed by atoms with Crippen molar-refractivity contribution in [3.63, 3.8) is 0 Å². The van der Waals surface area contributed by atoms with E-state index in [4.69, 9.17) is 0 Å². The van der Waals surface area contributed by atoms with Gasteiger partial charge in [-0.2, -0.15) is 0 Å². The topological polar surface area (TPSA) is 39.2 Å². The lowest BCUT2D eigenvalue weighted by atomic mass is 10.1. The van der Waals surface area contributed by atoms with E-state index in [1.54, 1.807) is 6.20 Å². The summed E-state index contributed by atoms with van der Waals surface area (Å²) >= 11 is 3.34. The van der Waals surface area contributed by atoms with Crippen molar-refractivity contribution < 1.29 is 9.53 Å². The quantitative estimate of drug-likeness (QED) is 0.794. The van der Waals surface area contributed by atoms with E-state index in [0.29, 0.717) is 11.5 Å².